The molecule has 0 spiro atoms. The molecule has 9 nitrogen and oxygen atoms in total. The van der Waals surface area contributed by atoms with Gasteiger partial charge in [-0.15, -0.1) is 0 Å². The SMILES string of the molecule is COc1ccc(/C=C2\C(=O)NC(=O)N(c3ccccc3Cl)C2=O)cc1[N+](=O)[O-]. The fourth-order valence-corrected chi connectivity index (χ4v) is 2.84. The van der Waals surface area contributed by atoms with Crippen LogP contribution in [0.2, 0.25) is 5.02 Å². The molecule has 1 saturated heterocycles. The molecule has 28 heavy (non-hydrogen) atoms. The van der Waals surface area contributed by atoms with Crippen LogP contribution in [0.5, 0.6) is 5.75 Å². The maximum absolute atomic E-state index is 12.8. The number of urea groups is 1. The highest BCUT2D eigenvalue weighted by Gasteiger charge is 2.37. The van der Waals surface area contributed by atoms with Gasteiger partial charge in [0.05, 0.1) is 22.7 Å². The highest BCUT2D eigenvalue weighted by molar-refractivity contribution is 6.42. The minimum Gasteiger partial charge on any atom is -0.490 e. The van der Waals surface area contributed by atoms with E-state index in [1.54, 1.807) is 12.1 Å². The van der Waals surface area contributed by atoms with Crippen LogP contribution in [0.4, 0.5) is 16.2 Å². The standard InChI is InChI=1S/C18H12ClN3O6/c1-28-15-7-6-10(9-14(15)22(26)27)8-11-16(23)20-18(25)21(17(11)24)13-5-3-2-4-12(13)19/h2-9H,1H3,(H,20,23,25)/b11-8+. The second kappa shape index (κ2) is 7.49. The number of anilines is 1. The first-order valence-electron chi connectivity index (χ1n) is 7.82. The summed E-state index contributed by atoms with van der Waals surface area (Å²) in [6.45, 7) is 0. The summed E-state index contributed by atoms with van der Waals surface area (Å²) in [5.74, 6) is -1.79. The molecule has 1 N–H and O–H groups in total. The summed E-state index contributed by atoms with van der Waals surface area (Å²) < 4.78 is 4.92. The first-order chi connectivity index (χ1) is 13.3. The number of hydrogen-bond donors (Lipinski definition) is 1. The third-order valence-corrected chi connectivity index (χ3v) is 4.23. The molecule has 0 aromatic heterocycles. The van der Waals surface area contributed by atoms with Gasteiger partial charge in [-0.2, -0.15) is 0 Å². The third kappa shape index (κ3) is 3.42. The van der Waals surface area contributed by atoms with Gasteiger partial charge in [0.2, 0.25) is 0 Å². The Hall–Kier alpha value is -3.72. The fourth-order valence-electron chi connectivity index (χ4n) is 2.62. The Kier molecular flexibility index (Phi) is 5.10. The van der Waals surface area contributed by atoms with Crippen LogP contribution >= 0.6 is 11.6 Å². The molecule has 2 aromatic carbocycles. The van der Waals surface area contributed by atoms with Gasteiger partial charge in [-0.05, 0) is 29.8 Å². The lowest BCUT2D eigenvalue weighted by Gasteiger charge is -2.27. The van der Waals surface area contributed by atoms with E-state index in [1.807, 2.05) is 0 Å². The molecule has 4 amide bonds. The number of benzene rings is 2. The van der Waals surface area contributed by atoms with Crippen LogP contribution in [0.15, 0.2) is 48.0 Å². The number of rotatable bonds is 4. The van der Waals surface area contributed by atoms with E-state index in [1.165, 1.54) is 31.4 Å². The van der Waals surface area contributed by atoms with Gasteiger partial charge in [0, 0.05) is 6.07 Å². The van der Waals surface area contributed by atoms with Crippen LogP contribution in [-0.2, 0) is 9.59 Å². The predicted octanol–water partition coefficient (Wildman–Crippen LogP) is 2.92. The minimum absolute atomic E-state index is 0.0273. The Labute approximate surface area is 163 Å². The number of ether oxygens (including phenoxy) is 1. The lowest BCUT2D eigenvalue weighted by atomic mass is 10.1. The number of amides is 4. The Balaban J connectivity index is 2.06. The van der Waals surface area contributed by atoms with Gasteiger partial charge in [-0.25, -0.2) is 9.69 Å². The zero-order valence-electron chi connectivity index (χ0n) is 14.3. The van der Waals surface area contributed by atoms with Crippen molar-refractivity contribution in [2.75, 3.05) is 12.0 Å². The van der Waals surface area contributed by atoms with E-state index in [4.69, 9.17) is 16.3 Å². The normalized spacial score (nSPS) is 15.6. The largest absolute Gasteiger partial charge is 0.490 e. The summed E-state index contributed by atoms with van der Waals surface area (Å²) in [5, 5.41) is 13.4. The van der Waals surface area contributed by atoms with E-state index in [9.17, 15) is 24.5 Å². The van der Waals surface area contributed by atoms with Crippen molar-refractivity contribution >= 4 is 46.9 Å². The number of imide groups is 2. The van der Waals surface area contributed by atoms with Crippen molar-refractivity contribution in [3.8, 4) is 5.75 Å². The second-order valence-corrected chi connectivity index (χ2v) is 6.00. The molecule has 1 fully saturated rings. The Morgan fingerprint density at radius 2 is 1.89 bits per heavy atom. The number of methoxy groups -OCH3 is 1. The number of nitro benzene ring substituents is 1. The van der Waals surface area contributed by atoms with E-state index in [0.29, 0.717) is 0 Å². The smallest absolute Gasteiger partial charge is 0.335 e. The van der Waals surface area contributed by atoms with Crippen molar-refractivity contribution in [2.24, 2.45) is 0 Å². The highest BCUT2D eigenvalue weighted by Crippen LogP contribution is 2.31. The molecule has 0 bridgehead atoms. The number of barbiturate groups is 1. The summed E-state index contributed by atoms with van der Waals surface area (Å²) >= 11 is 6.05. The zero-order valence-corrected chi connectivity index (χ0v) is 15.1. The average molecular weight is 402 g/mol. The molecule has 3 rings (SSSR count). The number of nitrogens with zero attached hydrogens (tertiary/aromatic N) is 2. The summed E-state index contributed by atoms with van der Waals surface area (Å²) in [6, 6.07) is 9.13. The minimum atomic E-state index is -0.944. The molecular formula is C18H12ClN3O6. The van der Waals surface area contributed by atoms with Crippen LogP contribution in [0.25, 0.3) is 6.08 Å². The summed E-state index contributed by atoms with van der Waals surface area (Å²) in [4.78, 5) is 48.4. The number of carbonyl (C=O) groups is 3. The van der Waals surface area contributed by atoms with Gasteiger partial charge in [0.15, 0.2) is 5.75 Å². The Morgan fingerprint density at radius 3 is 2.54 bits per heavy atom. The number of nitro groups is 1. The van der Waals surface area contributed by atoms with Gasteiger partial charge in [0.25, 0.3) is 11.8 Å². The molecule has 10 heteroatoms. The van der Waals surface area contributed by atoms with Crippen molar-refractivity contribution in [1.82, 2.24) is 5.32 Å². The van der Waals surface area contributed by atoms with Crippen molar-refractivity contribution < 1.29 is 24.0 Å². The average Bonchev–Trinajstić information content (AvgIpc) is 2.66. The van der Waals surface area contributed by atoms with E-state index in [0.717, 1.165) is 17.0 Å². The van der Waals surface area contributed by atoms with Crippen molar-refractivity contribution in [3.63, 3.8) is 0 Å². The molecule has 1 aliphatic rings. The summed E-state index contributed by atoms with van der Waals surface area (Å²) in [7, 11) is 1.28. The number of hydrogen-bond acceptors (Lipinski definition) is 6. The van der Waals surface area contributed by atoms with E-state index in [-0.39, 0.29) is 33.3 Å². The number of para-hydroxylation sites is 1. The molecule has 0 radical (unpaired) electrons. The van der Waals surface area contributed by atoms with Gasteiger partial charge < -0.3 is 4.74 Å². The molecule has 1 heterocycles. The molecule has 0 unspecified atom stereocenters. The zero-order chi connectivity index (χ0) is 20.4. The molecule has 0 atom stereocenters. The highest BCUT2D eigenvalue weighted by atomic mass is 35.5. The first-order valence-corrected chi connectivity index (χ1v) is 8.19. The molecule has 0 saturated carbocycles. The first kappa shape index (κ1) is 19.1. The van der Waals surface area contributed by atoms with Gasteiger partial charge in [-0.1, -0.05) is 29.8 Å². The maximum atomic E-state index is 12.8. The van der Waals surface area contributed by atoms with Gasteiger partial charge in [0.1, 0.15) is 5.57 Å². The predicted molar refractivity (Wildman–Crippen MR) is 100 cm³/mol. The number of halogens is 1. The van der Waals surface area contributed by atoms with Crippen LogP contribution in [0.1, 0.15) is 5.56 Å². The monoisotopic (exact) mass is 401 g/mol. The second-order valence-electron chi connectivity index (χ2n) is 5.60. The fraction of sp³-hybridized carbons (Fsp3) is 0.0556. The van der Waals surface area contributed by atoms with Crippen LogP contribution in [-0.4, -0.2) is 29.9 Å². The lowest BCUT2D eigenvalue weighted by Crippen LogP contribution is -2.54. The van der Waals surface area contributed by atoms with Crippen LogP contribution in [0, 0.1) is 10.1 Å². The van der Waals surface area contributed by atoms with Gasteiger partial charge in [-0.3, -0.25) is 25.0 Å². The van der Waals surface area contributed by atoms with Crippen LogP contribution < -0.4 is 15.0 Å². The van der Waals surface area contributed by atoms with Crippen molar-refractivity contribution in [3.05, 3.63) is 68.7 Å². The van der Waals surface area contributed by atoms with Crippen LogP contribution in [0.3, 0.4) is 0 Å². The van der Waals surface area contributed by atoms with Gasteiger partial charge >= 0.3 is 11.7 Å². The lowest BCUT2D eigenvalue weighted by molar-refractivity contribution is -0.385. The van der Waals surface area contributed by atoms with E-state index >= 15 is 0 Å². The molecule has 2 aromatic rings. The number of carbonyl (C=O) groups excluding carboxylic acids is 3. The molecule has 0 aliphatic carbocycles. The molecular weight excluding hydrogens is 390 g/mol. The molecule has 142 valence electrons. The van der Waals surface area contributed by atoms with E-state index in [2.05, 4.69) is 5.32 Å². The maximum Gasteiger partial charge on any atom is 0.335 e. The third-order valence-electron chi connectivity index (χ3n) is 3.91. The Bertz CT molecular complexity index is 1050. The van der Waals surface area contributed by atoms with E-state index < -0.39 is 22.8 Å². The Morgan fingerprint density at radius 1 is 1.18 bits per heavy atom. The summed E-state index contributed by atoms with van der Waals surface area (Å²) in [6.07, 6.45) is 1.15. The topological polar surface area (TPSA) is 119 Å². The van der Waals surface area contributed by atoms with Crippen molar-refractivity contribution in [2.45, 2.75) is 0 Å². The molecule has 1 aliphatic heterocycles. The number of nitrogens with one attached hydrogen (secondary N) is 1. The quantitative estimate of drug-likeness (QED) is 0.364. The summed E-state index contributed by atoms with van der Waals surface area (Å²) in [5.41, 5.74) is -0.399. The van der Waals surface area contributed by atoms with Crippen molar-refractivity contribution in [1.29, 1.82) is 0 Å².